The van der Waals surface area contributed by atoms with Crippen molar-refractivity contribution in [3.8, 4) is 22.8 Å². The van der Waals surface area contributed by atoms with Gasteiger partial charge >= 0.3 is 6.61 Å². The fourth-order valence-corrected chi connectivity index (χ4v) is 4.73. The van der Waals surface area contributed by atoms with Crippen molar-refractivity contribution in [2.75, 3.05) is 13.2 Å². The molecule has 1 N–H and O–H groups in total. The zero-order chi connectivity index (χ0) is 24.6. The number of hydrogen-bond donors (Lipinski definition) is 1. The Kier molecular flexibility index (Phi) is 6.22. The number of rotatable bonds is 6. The molecular weight excluding hydrogens is 461 g/mol. The fraction of sp³-hybridized carbons (Fsp3) is 0.400. The highest BCUT2D eigenvalue weighted by molar-refractivity contribution is 5.80. The third-order valence-corrected chi connectivity index (χ3v) is 6.55. The third kappa shape index (κ3) is 4.88. The van der Waals surface area contributed by atoms with E-state index in [9.17, 15) is 18.0 Å². The average molecular weight is 486 g/mol. The number of alkyl halides is 2. The molecule has 3 heterocycles. The molecule has 1 aliphatic carbocycles. The molecule has 1 fully saturated rings. The van der Waals surface area contributed by atoms with E-state index in [1.165, 1.54) is 24.3 Å². The molecule has 0 bridgehead atoms. The number of benzene rings is 1. The van der Waals surface area contributed by atoms with Gasteiger partial charge in [-0.25, -0.2) is 14.1 Å². The molecule has 2 atom stereocenters. The summed E-state index contributed by atoms with van der Waals surface area (Å²) in [5.74, 6) is -0.363. The van der Waals surface area contributed by atoms with Gasteiger partial charge in [0.15, 0.2) is 5.82 Å². The van der Waals surface area contributed by atoms with E-state index in [0.717, 1.165) is 23.9 Å². The van der Waals surface area contributed by atoms with Crippen LogP contribution in [-0.2, 0) is 22.4 Å². The molecular formula is C25H25F3N4O3. The van der Waals surface area contributed by atoms with Crippen LogP contribution >= 0.6 is 0 Å². The quantitative estimate of drug-likeness (QED) is 0.568. The zero-order valence-electron chi connectivity index (χ0n) is 19.1. The van der Waals surface area contributed by atoms with E-state index < -0.39 is 12.4 Å². The van der Waals surface area contributed by atoms with Gasteiger partial charge in [-0.05, 0) is 50.5 Å². The summed E-state index contributed by atoms with van der Waals surface area (Å²) in [5, 5.41) is 7.87. The monoisotopic (exact) mass is 486 g/mol. The Labute approximate surface area is 200 Å². The molecule has 0 saturated carbocycles. The lowest BCUT2D eigenvalue weighted by atomic mass is 9.84. The zero-order valence-corrected chi connectivity index (χ0v) is 19.1. The molecule has 10 heteroatoms. The van der Waals surface area contributed by atoms with Gasteiger partial charge in [0.05, 0.1) is 29.7 Å². The maximum absolute atomic E-state index is 13.5. The lowest BCUT2D eigenvalue weighted by molar-refractivity contribution is -0.127. The van der Waals surface area contributed by atoms with Crippen molar-refractivity contribution in [3.05, 3.63) is 59.7 Å². The molecule has 2 aliphatic rings. The van der Waals surface area contributed by atoms with Gasteiger partial charge in [0.2, 0.25) is 5.91 Å². The number of pyridine rings is 1. The smallest absolute Gasteiger partial charge is 0.387 e. The number of ether oxygens (including phenoxy) is 2. The summed E-state index contributed by atoms with van der Waals surface area (Å²) in [7, 11) is 0. The van der Waals surface area contributed by atoms with Crippen LogP contribution in [0.5, 0.6) is 5.75 Å². The second-order valence-electron chi connectivity index (χ2n) is 9.22. The first-order valence-corrected chi connectivity index (χ1v) is 11.5. The first-order valence-electron chi connectivity index (χ1n) is 11.5. The molecule has 184 valence electrons. The van der Waals surface area contributed by atoms with Crippen molar-refractivity contribution in [1.29, 1.82) is 0 Å². The maximum atomic E-state index is 13.5. The lowest BCUT2D eigenvalue weighted by Crippen LogP contribution is -2.49. The van der Waals surface area contributed by atoms with E-state index in [4.69, 9.17) is 9.84 Å². The van der Waals surface area contributed by atoms with Crippen molar-refractivity contribution in [3.63, 3.8) is 0 Å². The molecule has 0 spiro atoms. The number of hydrogen-bond acceptors (Lipinski definition) is 5. The van der Waals surface area contributed by atoms with Gasteiger partial charge in [-0.3, -0.25) is 4.79 Å². The molecule has 0 radical (unpaired) electrons. The summed E-state index contributed by atoms with van der Waals surface area (Å²) in [4.78, 5) is 17.3. The van der Waals surface area contributed by atoms with Crippen LogP contribution in [0.25, 0.3) is 17.1 Å². The summed E-state index contributed by atoms with van der Waals surface area (Å²) in [6.45, 7) is 0.138. The Morgan fingerprint density at radius 2 is 2.17 bits per heavy atom. The van der Waals surface area contributed by atoms with Crippen LogP contribution < -0.4 is 10.1 Å². The molecule has 1 aromatic carbocycles. The van der Waals surface area contributed by atoms with E-state index in [-0.39, 0.29) is 23.1 Å². The first kappa shape index (κ1) is 23.3. The SMILES string of the molecule is CC1(NC(=O)[C@@H]2CCc3c(-c4cccc(OC(F)F)c4)nn(-c4ccc(F)cn4)c3C2)CCOC1. The van der Waals surface area contributed by atoms with E-state index in [1.807, 2.05) is 6.92 Å². The number of nitrogens with zero attached hydrogens (tertiary/aromatic N) is 3. The minimum Gasteiger partial charge on any atom is -0.435 e. The van der Waals surface area contributed by atoms with Gasteiger partial charge < -0.3 is 14.8 Å². The molecule has 3 aromatic rings. The van der Waals surface area contributed by atoms with Crippen molar-refractivity contribution in [2.24, 2.45) is 5.92 Å². The largest absolute Gasteiger partial charge is 0.435 e. The van der Waals surface area contributed by atoms with Crippen molar-refractivity contribution in [1.82, 2.24) is 20.1 Å². The second kappa shape index (κ2) is 9.33. The minimum atomic E-state index is -2.94. The Balaban J connectivity index is 1.50. The van der Waals surface area contributed by atoms with E-state index in [2.05, 4.69) is 15.0 Å². The van der Waals surface area contributed by atoms with Gasteiger partial charge in [0, 0.05) is 30.1 Å². The first-order chi connectivity index (χ1) is 16.8. The van der Waals surface area contributed by atoms with Gasteiger partial charge in [0.1, 0.15) is 11.6 Å². The molecule has 7 nitrogen and oxygen atoms in total. The molecule has 5 rings (SSSR count). The summed E-state index contributed by atoms with van der Waals surface area (Å²) < 4.78 is 50.7. The highest BCUT2D eigenvalue weighted by Crippen LogP contribution is 2.36. The van der Waals surface area contributed by atoms with E-state index >= 15 is 0 Å². The van der Waals surface area contributed by atoms with Gasteiger partial charge in [-0.2, -0.15) is 13.9 Å². The minimum absolute atomic E-state index is 0.0285. The van der Waals surface area contributed by atoms with E-state index in [1.54, 1.807) is 16.8 Å². The van der Waals surface area contributed by atoms with Gasteiger partial charge in [-0.15, -0.1) is 0 Å². The van der Waals surface area contributed by atoms with Crippen LogP contribution in [0.2, 0.25) is 0 Å². The summed E-state index contributed by atoms with van der Waals surface area (Å²) in [6, 6.07) is 9.16. The number of amides is 1. The molecule has 1 unspecified atom stereocenters. The lowest BCUT2D eigenvalue weighted by Gasteiger charge is -2.29. The van der Waals surface area contributed by atoms with Crippen LogP contribution in [0.15, 0.2) is 42.6 Å². The predicted molar refractivity (Wildman–Crippen MR) is 121 cm³/mol. The van der Waals surface area contributed by atoms with Crippen LogP contribution in [-0.4, -0.2) is 46.0 Å². The fourth-order valence-electron chi connectivity index (χ4n) is 4.73. The predicted octanol–water partition coefficient (Wildman–Crippen LogP) is 4.07. The Morgan fingerprint density at radius 3 is 2.89 bits per heavy atom. The van der Waals surface area contributed by atoms with Gasteiger partial charge in [0.25, 0.3) is 0 Å². The van der Waals surface area contributed by atoms with Crippen LogP contribution in [0.3, 0.4) is 0 Å². The topological polar surface area (TPSA) is 78.3 Å². The third-order valence-electron chi connectivity index (χ3n) is 6.55. The Hall–Kier alpha value is -3.40. The van der Waals surface area contributed by atoms with Crippen molar-refractivity contribution < 1.29 is 27.4 Å². The summed E-state index contributed by atoms with van der Waals surface area (Å²) >= 11 is 0. The number of aromatic nitrogens is 3. The highest BCUT2D eigenvalue weighted by Gasteiger charge is 2.36. The number of carbonyl (C=O) groups excluding carboxylic acids is 1. The second-order valence-corrected chi connectivity index (χ2v) is 9.22. The number of fused-ring (bicyclic) bond motifs is 1. The van der Waals surface area contributed by atoms with Crippen LogP contribution in [0.4, 0.5) is 13.2 Å². The molecule has 1 saturated heterocycles. The highest BCUT2D eigenvalue weighted by atomic mass is 19.3. The Morgan fingerprint density at radius 1 is 1.31 bits per heavy atom. The van der Waals surface area contributed by atoms with E-state index in [0.29, 0.717) is 49.6 Å². The van der Waals surface area contributed by atoms with Crippen LogP contribution in [0.1, 0.15) is 31.0 Å². The van der Waals surface area contributed by atoms with Gasteiger partial charge in [-0.1, -0.05) is 12.1 Å². The maximum Gasteiger partial charge on any atom is 0.387 e. The Bertz CT molecular complexity index is 1220. The summed E-state index contributed by atoms with van der Waals surface area (Å²) in [6.07, 6.45) is 3.45. The number of nitrogens with one attached hydrogen (secondary N) is 1. The molecule has 1 amide bonds. The molecule has 1 aliphatic heterocycles. The standard InChI is InChI=1S/C25H25F3N4O3/c1-25(9-10-34-14-25)30-23(33)16-5-7-19-20(12-16)32(21-8-6-17(26)13-29-21)31-22(19)15-3-2-4-18(11-15)35-24(27)28/h2-4,6,8,11,13,16,24H,5,7,9-10,12,14H2,1H3,(H,30,33)/t16-,25?/m1/s1. The normalized spacial score (nSPS) is 21.7. The summed E-state index contributed by atoms with van der Waals surface area (Å²) in [5.41, 5.74) is 2.52. The molecule has 35 heavy (non-hydrogen) atoms. The number of halogens is 3. The molecule has 2 aromatic heterocycles. The van der Waals surface area contributed by atoms with Crippen LogP contribution in [0, 0.1) is 11.7 Å². The van der Waals surface area contributed by atoms with Crippen molar-refractivity contribution >= 4 is 5.91 Å². The number of carbonyl (C=O) groups is 1. The average Bonchev–Trinajstić information content (AvgIpc) is 3.43. The van der Waals surface area contributed by atoms with Crippen molar-refractivity contribution in [2.45, 2.75) is 44.8 Å².